The smallest absolute Gasteiger partial charge is 0.258 e. The second-order valence-corrected chi connectivity index (χ2v) is 9.53. The number of hydrogen-bond acceptors (Lipinski definition) is 5. The van der Waals surface area contributed by atoms with Crippen LogP contribution in [0.5, 0.6) is 5.75 Å². The molecule has 5 rings (SSSR count). The van der Waals surface area contributed by atoms with Crippen molar-refractivity contribution >= 4 is 28.3 Å². The highest BCUT2D eigenvalue weighted by Crippen LogP contribution is 2.31. The van der Waals surface area contributed by atoms with Gasteiger partial charge in [0.15, 0.2) is 0 Å². The number of nitrogens with zero attached hydrogens (tertiary/aromatic N) is 1. The number of fused-ring (bicyclic) bond motifs is 1. The molecule has 7 nitrogen and oxygen atoms in total. The topological polar surface area (TPSA) is 88.1 Å². The average molecular weight is 489 g/mol. The molecule has 0 saturated carbocycles. The Kier molecular flexibility index (Phi) is 7.49. The molecule has 0 aliphatic carbocycles. The molecule has 3 aromatic rings. The highest BCUT2D eigenvalue weighted by atomic mass is 16.5. The van der Waals surface area contributed by atoms with Crippen molar-refractivity contribution in [2.24, 2.45) is 0 Å². The molecule has 3 aromatic carbocycles. The summed E-state index contributed by atoms with van der Waals surface area (Å²) in [6.07, 6.45) is 4.80. The van der Waals surface area contributed by atoms with Crippen LogP contribution in [0.15, 0.2) is 60.7 Å². The van der Waals surface area contributed by atoms with Crippen LogP contribution in [0.3, 0.4) is 0 Å². The van der Waals surface area contributed by atoms with Gasteiger partial charge in [0.2, 0.25) is 5.91 Å². The molecule has 2 fully saturated rings. The van der Waals surface area contributed by atoms with Crippen molar-refractivity contribution in [1.82, 2.24) is 4.90 Å². The number of amides is 2. The summed E-state index contributed by atoms with van der Waals surface area (Å²) in [6, 6.07) is 17.8. The number of phenolic OH excluding ortho intramolecular Hbond substituents is 1. The molecule has 2 N–H and O–H groups in total. The van der Waals surface area contributed by atoms with E-state index >= 15 is 0 Å². The molecule has 2 atom stereocenters. The summed E-state index contributed by atoms with van der Waals surface area (Å²) >= 11 is 0. The molecule has 36 heavy (non-hydrogen) atoms. The minimum atomic E-state index is -0.591. The first-order valence-electron chi connectivity index (χ1n) is 12.7. The number of benzene rings is 3. The van der Waals surface area contributed by atoms with Crippen molar-refractivity contribution < 1.29 is 24.2 Å². The second-order valence-electron chi connectivity index (χ2n) is 9.53. The molecule has 2 heterocycles. The Labute approximate surface area is 211 Å². The van der Waals surface area contributed by atoms with Gasteiger partial charge in [0.25, 0.3) is 5.91 Å². The Morgan fingerprint density at radius 1 is 1.03 bits per heavy atom. The van der Waals surface area contributed by atoms with Crippen LogP contribution in [0.25, 0.3) is 10.8 Å². The number of phenols is 1. The third-order valence-electron chi connectivity index (χ3n) is 6.99. The Hall–Kier alpha value is -3.42. The van der Waals surface area contributed by atoms with Gasteiger partial charge >= 0.3 is 0 Å². The van der Waals surface area contributed by atoms with E-state index in [1.165, 1.54) is 6.42 Å². The van der Waals surface area contributed by atoms with Gasteiger partial charge in [0, 0.05) is 24.2 Å². The van der Waals surface area contributed by atoms with Gasteiger partial charge in [0.05, 0.1) is 24.9 Å². The molecule has 2 aliphatic heterocycles. The van der Waals surface area contributed by atoms with E-state index in [0.717, 1.165) is 36.8 Å². The lowest BCUT2D eigenvalue weighted by atomic mass is 10.0. The number of ether oxygens (including phenoxy) is 2. The van der Waals surface area contributed by atoms with Crippen LogP contribution in [-0.4, -0.2) is 53.7 Å². The minimum Gasteiger partial charge on any atom is -0.506 e. The Balaban J connectivity index is 1.22. The van der Waals surface area contributed by atoms with Gasteiger partial charge in [0.1, 0.15) is 11.8 Å². The monoisotopic (exact) mass is 488 g/mol. The SMILES string of the molecule is O=C(Nc1cccc(COCC2CCCCO2)c1)C1CCCN1C(=O)c1ccc2ccccc2c1O. The maximum absolute atomic E-state index is 13.3. The quantitative estimate of drug-likeness (QED) is 0.495. The number of rotatable bonds is 7. The van der Waals surface area contributed by atoms with Gasteiger partial charge in [-0.3, -0.25) is 9.59 Å². The lowest BCUT2D eigenvalue weighted by Gasteiger charge is -2.25. The zero-order valence-corrected chi connectivity index (χ0v) is 20.3. The first kappa shape index (κ1) is 24.3. The summed E-state index contributed by atoms with van der Waals surface area (Å²) < 4.78 is 11.6. The van der Waals surface area contributed by atoms with E-state index in [2.05, 4.69) is 5.32 Å². The van der Waals surface area contributed by atoms with Crippen molar-refractivity contribution in [2.45, 2.75) is 50.9 Å². The van der Waals surface area contributed by atoms with Gasteiger partial charge in [-0.2, -0.15) is 0 Å². The van der Waals surface area contributed by atoms with Crippen molar-refractivity contribution in [3.63, 3.8) is 0 Å². The molecule has 2 aliphatic rings. The van der Waals surface area contributed by atoms with Crippen LogP contribution in [0.1, 0.15) is 48.0 Å². The molecule has 0 radical (unpaired) electrons. The Bertz CT molecular complexity index is 1240. The van der Waals surface area contributed by atoms with Gasteiger partial charge in [-0.05, 0) is 61.3 Å². The molecular weight excluding hydrogens is 456 g/mol. The summed E-state index contributed by atoms with van der Waals surface area (Å²) in [5.41, 5.74) is 1.85. The molecule has 188 valence electrons. The molecule has 0 bridgehead atoms. The average Bonchev–Trinajstić information content (AvgIpc) is 3.40. The largest absolute Gasteiger partial charge is 0.506 e. The van der Waals surface area contributed by atoms with Crippen molar-refractivity contribution in [3.05, 3.63) is 71.8 Å². The Morgan fingerprint density at radius 2 is 1.92 bits per heavy atom. The molecule has 2 saturated heterocycles. The number of nitrogens with one attached hydrogen (secondary N) is 1. The zero-order valence-electron chi connectivity index (χ0n) is 20.3. The van der Waals surface area contributed by atoms with Crippen molar-refractivity contribution in [2.75, 3.05) is 25.1 Å². The normalized spacial score (nSPS) is 19.9. The molecule has 0 aromatic heterocycles. The molecular formula is C29H32N2O5. The lowest BCUT2D eigenvalue weighted by Crippen LogP contribution is -2.43. The van der Waals surface area contributed by atoms with E-state index in [0.29, 0.717) is 37.3 Å². The highest BCUT2D eigenvalue weighted by molar-refractivity contribution is 6.06. The number of carbonyl (C=O) groups excluding carboxylic acids is 2. The number of hydrogen-bond donors (Lipinski definition) is 2. The first-order chi connectivity index (χ1) is 17.6. The highest BCUT2D eigenvalue weighted by Gasteiger charge is 2.35. The van der Waals surface area contributed by atoms with E-state index in [1.807, 2.05) is 48.5 Å². The molecule has 2 unspecified atom stereocenters. The maximum atomic E-state index is 13.3. The van der Waals surface area contributed by atoms with Crippen LogP contribution in [-0.2, 0) is 20.9 Å². The van der Waals surface area contributed by atoms with Crippen molar-refractivity contribution in [3.8, 4) is 5.75 Å². The first-order valence-corrected chi connectivity index (χ1v) is 12.7. The van der Waals surface area contributed by atoms with E-state index in [9.17, 15) is 14.7 Å². The fourth-order valence-electron chi connectivity index (χ4n) is 5.08. The van der Waals surface area contributed by atoms with Gasteiger partial charge in [-0.25, -0.2) is 0 Å². The molecule has 2 amide bonds. The van der Waals surface area contributed by atoms with E-state index in [4.69, 9.17) is 9.47 Å². The number of carbonyl (C=O) groups is 2. The van der Waals surface area contributed by atoms with E-state index in [-0.39, 0.29) is 29.2 Å². The summed E-state index contributed by atoms with van der Waals surface area (Å²) in [7, 11) is 0. The lowest BCUT2D eigenvalue weighted by molar-refractivity contribution is -0.119. The van der Waals surface area contributed by atoms with Crippen molar-refractivity contribution in [1.29, 1.82) is 0 Å². The summed E-state index contributed by atoms with van der Waals surface area (Å²) in [5, 5.41) is 15.2. The van der Waals surface area contributed by atoms with Crippen LogP contribution in [0, 0.1) is 0 Å². The summed E-state index contributed by atoms with van der Waals surface area (Å²) in [6.45, 7) is 2.28. The van der Waals surface area contributed by atoms with Gasteiger partial charge in [-0.15, -0.1) is 0 Å². The molecule has 0 spiro atoms. The van der Waals surface area contributed by atoms with Crippen LogP contribution >= 0.6 is 0 Å². The zero-order chi connectivity index (χ0) is 24.9. The summed E-state index contributed by atoms with van der Waals surface area (Å²) in [4.78, 5) is 28.1. The predicted octanol–water partition coefficient (Wildman–Crippen LogP) is 4.87. The van der Waals surface area contributed by atoms with Gasteiger partial charge in [-0.1, -0.05) is 42.5 Å². The number of likely N-dealkylation sites (tertiary alicyclic amines) is 1. The maximum Gasteiger partial charge on any atom is 0.258 e. The van der Waals surface area contributed by atoms with Gasteiger partial charge < -0.3 is 24.8 Å². The minimum absolute atomic E-state index is 0.0458. The van der Waals surface area contributed by atoms with E-state index in [1.54, 1.807) is 17.0 Å². The Morgan fingerprint density at radius 3 is 2.78 bits per heavy atom. The van der Waals surface area contributed by atoms with Crippen LogP contribution in [0.2, 0.25) is 0 Å². The number of anilines is 1. The third-order valence-corrected chi connectivity index (χ3v) is 6.99. The van der Waals surface area contributed by atoms with E-state index < -0.39 is 6.04 Å². The number of aromatic hydroxyl groups is 1. The van der Waals surface area contributed by atoms with Crippen LogP contribution < -0.4 is 5.32 Å². The second kappa shape index (κ2) is 11.1. The standard InChI is InChI=1S/C29H32N2O5/c32-27-24-11-2-1-8-21(24)13-14-25(27)29(34)31-15-6-12-26(31)28(33)30-22-9-5-7-20(17-22)18-35-19-23-10-3-4-16-36-23/h1-2,5,7-9,11,13-14,17,23,26,32H,3-4,6,10,12,15-16,18-19H2,(H,30,33). The van der Waals surface area contributed by atoms with Crippen LogP contribution in [0.4, 0.5) is 5.69 Å². The summed E-state index contributed by atoms with van der Waals surface area (Å²) in [5.74, 6) is -0.603. The predicted molar refractivity (Wildman–Crippen MR) is 138 cm³/mol. The third kappa shape index (κ3) is 5.37. The molecule has 7 heteroatoms. The fourth-order valence-corrected chi connectivity index (χ4v) is 5.08. The fraction of sp³-hybridized carbons (Fsp3) is 0.379.